The zero-order chi connectivity index (χ0) is 11.3. The molecule has 0 unspecified atom stereocenters. The van der Waals surface area contributed by atoms with E-state index in [-0.39, 0.29) is 5.75 Å². The van der Waals surface area contributed by atoms with Crippen LogP contribution in [0, 0.1) is 0 Å². The molecule has 4 heteroatoms. The third kappa shape index (κ3) is 2.49. The Labute approximate surface area is 87.7 Å². The molecule has 1 N–H and O–H groups in total. The maximum atomic E-state index is 10.2. The van der Waals surface area contributed by atoms with E-state index in [9.17, 15) is 9.90 Å². The molecule has 1 aromatic rings. The Morgan fingerprint density at radius 3 is 2.20 bits per heavy atom. The zero-order valence-electron chi connectivity index (χ0n) is 8.56. The van der Waals surface area contributed by atoms with E-state index >= 15 is 0 Å². The first-order chi connectivity index (χ1) is 7.22. The molecule has 0 heterocycles. The van der Waals surface area contributed by atoms with Gasteiger partial charge in [-0.3, -0.25) is 4.79 Å². The van der Waals surface area contributed by atoms with Crippen LogP contribution >= 0.6 is 0 Å². The summed E-state index contributed by atoms with van der Waals surface area (Å²) in [7, 11) is 2.89. The first-order valence-corrected chi connectivity index (χ1v) is 4.29. The number of methoxy groups -OCH3 is 2. The molecule has 0 radical (unpaired) electrons. The highest BCUT2D eigenvalue weighted by molar-refractivity contribution is 5.75. The first-order valence-electron chi connectivity index (χ1n) is 4.29. The van der Waals surface area contributed by atoms with Gasteiger partial charge in [0.15, 0.2) is 11.5 Å². The van der Waals surface area contributed by atoms with E-state index in [0.717, 1.165) is 0 Å². The van der Waals surface area contributed by atoms with Crippen LogP contribution in [0.4, 0.5) is 0 Å². The van der Waals surface area contributed by atoms with Crippen LogP contribution in [0.25, 0.3) is 6.08 Å². The third-order valence-corrected chi connectivity index (χ3v) is 1.87. The minimum atomic E-state index is -0.0525. The summed E-state index contributed by atoms with van der Waals surface area (Å²) in [6.07, 6.45) is 3.62. The van der Waals surface area contributed by atoms with E-state index < -0.39 is 0 Å². The fourth-order valence-electron chi connectivity index (χ4n) is 1.16. The number of phenolic OH excluding ortho intramolecular Hbond substituents is 1. The molecular weight excluding hydrogens is 198 g/mol. The molecule has 1 rings (SSSR count). The SMILES string of the molecule is COc1cc(/C=C/[14CH]=O)cc(OC)c1O. The largest absolute Gasteiger partial charge is 0.502 e. The lowest BCUT2D eigenvalue weighted by Gasteiger charge is -2.09. The molecule has 1 aromatic carbocycles. The average Bonchev–Trinajstić information content (AvgIpc) is 2.27. The van der Waals surface area contributed by atoms with E-state index in [4.69, 9.17) is 9.47 Å². The Morgan fingerprint density at radius 2 is 1.80 bits per heavy atom. The van der Waals surface area contributed by atoms with Crippen molar-refractivity contribution in [1.29, 1.82) is 0 Å². The summed E-state index contributed by atoms with van der Waals surface area (Å²) < 4.78 is 9.91. The van der Waals surface area contributed by atoms with Gasteiger partial charge in [-0.1, -0.05) is 6.08 Å². The lowest BCUT2D eigenvalue weighted by Crippen LogP contribution is -1.90. The molecule has 0 aliphatic rings. The van der Waals surface area contributed by atoms with Gasteiger partial charge in [0.1, 0.15) is 6.29 Å². The Balaban J connectivity index is 3.20. The van der Waals surface area contributed by atoms with Crippen molar-refractivity contribution in [3.8, 4) is 17.2 Å². The lowest BCUT2D eigenvalue weighted by atomic mass is 10.2. The van der Waals surface area contributed by atoms with Crippen LogP contribution in [-0.2, 0) is 4.79 Å². The van der Waals surface area contributed by atoms with Crippen molar-refractivity contribution in [2.75, 3.05) is 14.2 Å². The van der Waals surface area contributed by atoms with E-state index in [0.29, 0.717) is 23.3 Å². The van der Waals surface area contributed by atoms with Crippen LogP contribution in [-0.4, -0.2) is 25.6 Å². The Kier molecular flexibility index (Phi) is 3.74. The summed E-state index contributed by atoms with van der Waals surface area (Å²) >= 11 is 0. The predicted octanol–water partition coefficient (Wildman–Crippen LogP) is 1.62. The minimum Gasteiger partial charge on any atom is -0.502 e. The number of ether oxygens (including phenoxy) is 2. The summed E-state index contributed by atoms with van der Waals surface area (Å²) in [5.74, 6) is 0.558. The second-order valence-corrected chi connectivity index (χ2v) is 2.77. The number of allylic oxidation sites excluding steroid dienone is 1. The van der Waals surface area contributed by atoms with Crippen LogP contribution in [0.15, 0.2) is 18.2 Å². The molecule has 4 nitrogen and oxygen atoms in total. The lowest BCUT2D eigenvalue weighted by molar-refractivity contribution is -0.104. The minimum absolute atomic E-state index is 0.0525. The Morgan fingerprint density at radius 1 is 1.27 bits per heavy atom. The second kappa shape index (κ2) is 5.05. The Bertz CT molecular complexity index is 357. The summed E-state index contributed by atoms with van der Waals surface area (Å²) in [5.41, 5.74) is 0.716. The number of phenols is 1. The molecule has 0 spiro atoms. The molecule has 15 heavy (non-hydrogen) atoms. The molecule has 0 aromatic heterocycles. The molecular formula is C11H12O4. The van der Waals surface area contributed by atoms with Gasteiger partial charge in [0, 0.05) is 0 Å². The van der Waals surface area contributed by atoms with E-state index in [1.807, 2.05) is 0 Å². The summed E-state index contributed by atoms with van der Waals surface area (Å²) in [6, 6.07) is 3.22. The van der Waals surface area contributed by atoms with Gasteiger partial charge < -0.3 is 14.6 Å². The molecule has 0 saturated carbocycles. The maximum absolute atomic E-state index is 10.2. The van der Waals surface area contributed by atoms with Crippen LogP contribution in [0.5, 0.6) is 17.2 Å². The van der Waals surface area contributed by atoms with E-state index in [2.05, 4.69) is 0 Å². The fraction of sp³-hybridized carbons (Fsp3) is 0.182. The van der Waals surface area contributed by atoms with Crippen LogP contribution in [0.2, 0.25) is 0 Å². The zero-order valence-corrected chi connectivity index (χ0v) is 8.56. The second-order valence-electron chi connectivity index (χ2n) is 2.77. The van der Waals surface area contributed by atoms with Gasteiger partial charge >= 0.3 is 0 Å². The van der Waals surface area contributed by atoms with Crippen LogP contribution in [0.3, 0.4) is 0 Å². The average molecular weight is 210 g/mol. The number of hydrogen-bond acceptors (Lipinski definition) is 4. The number of aromatic hydroxyl groups is 1. The highest BCUT2D eigenvalue weighted by Gasteiger charge is 2.09. The number of rotatable bonds is 4. The molecule has 0 saturated heterocycles. The number of carbonyl (C=O) groups excluding carboxylic acids is 1. The summed E-state index contributed by atoms with van der Waals surface area (Å²) in [4.78, 5) is 10.2. The maximum Gasteiger partial charge on any atom is 0.200 e. The molecule has 0 aliphatic carbocycles. The topological polar surface area (TPSA) is 55.8 Å². The van der Waals surface area contributed by atoms with Gasteiger partial charge in [0.05, 0.1) is 14.2 Å². The van der Waals surface area contributed by atoms with Gasteiger partial charge in [-0.2, -0.15) is 0 Å². The standard InChI is InChI=1S/C11H12O4/c1-14-9-6-8(4-3-5-12)7-10(15-2)11(9)13/h3-7,13H,1-2H3/b4-3+/i5+2. The Hall–Kier alpha value is -1.97. The van der Waals surface area contributed by atoms with Crippen molar-refractivity contribution in [2.45, 2.75) is 0 Å². The van der Waals surface area contributed by atoms with Crippen molar-refractivity contribution in [1.82, 2.24) is 0 Å². The number of hydrogen-bond donors (Lipinski definition) is 1. The van der Waals surface area contributed by atoms with Crippen molar-refractivity contribution in [2.24, 2.45) is 0 Å². The summed E-state index contributed by atoms with van der Waals surface area (Å²) in [5, 5.41) is 9.60. The molecule has 0 amide bonds. The van der Waals surface area contributed by atoms with Gasteiger partial charge in [0.25, 0.3) is 0 Å². The van der Waals surface area contributed by atoms with Gasteiger partial charge in [-0.25, -0.2) is 0 Å². The van der Waals surface area contributed by atoms with Gasteiger partial charge in [-0.05, 0) is 23.8 Å². The molecule has 0 fully saturated rings. The fourth-order valence-corrected chi connectivity index (χ4v) is 1.16. The van der Waals surface area contributed by atoms with E-state index in [1.54, 1.807) is 18.2 Å². The molecule has 0 aliphatic heterocycles. The van der Waals surface area contributed by atoms with Crippen LogP contribution < -0.4 is 9.47 Å². The third-order valence-electron chi connectivity index (χ3n) is 1.87. The highest BCUT2D eigenvalue weighted by Crippen LogP contribution is 2.37. The quantitative estimate of drug-likeness (QED) is 0.606. The van der Waals surface area contributed by atoms with Crippen LogP contribution in [0.1, 0.15) is 5.56 Å². The monoisotopic (exact) mass is 210 g/mol. The van der Waals surface area contributed by atoms with Crippen molar-refractivity contribution in [3.05, 3.63) is 23.8 Å². The number of aldehydes is 1. The number of carbonyl (C=O) groups is 1. The van der Waals surface area contributed by atoms with Gasteiger partial charge in [0.2, 0.25) is 5.75 Å². The van der Waals surface area contributed by atoms with Crippen molar-refractivity contribution >= 4 is 12.4 Å². The first kappa shape index (κ1) is 11.1. The molecule has 80 valence electrons. The number of benzene rings is 1. The van der Waals surface area contributed by atoms with E-state index in [1.165, 1.54) is 20.3 Å². The predicted molar refractivity (Wildman–Crippen MR) is 56.3 cm³/mol. The van der Waals surface area contributed by atoms with Crippen molar-refractivity contribution < 1.29 is 19.4 Å². The highest BCUT2D eigenvalue weighted by atomic mass is 16.5. The smallest absolute Gasteiger partial charge is 0.200 e. The molecule has 0 atom stereocenters. The van der Waals surface area contributed by atoms with Crippen molar-refractivity contribution in [3.63, 3.8) is 0 Å². The normalized spacial score (nSPS) is 10.3. The van der Waals surface area contributed by atoms with Gasteiger partial charge in [-0.15, -0.1) is 0 Å². The molecule has 0 bridgehead atoms. The summed E-state index contributed by atoms with van der Waals surface area (Å²) in [6.45, 7) is 0.